The van der Waals surface area contributed by atoms with Crippen LogP contribution in [0.3, 0.4) is 0 Å². The van der Waals surface area contributed by atoms with Crippen molar-refractivity contribution in [3.8, 4) is 0 Å². The Hall–Kier alpha value is -0.570. The molecular formula is C11H20N2O. The van der Waals surface area contributed by atoms with Gasteiger partial charge < -0.3 is 10.6 Å². The second-order valence-electron chi connectivity index (χ2n) is 4.71. The molecule has 1 aliphatic heterocycles. The Morgan fingerprint density at radius 3 is 2.86 bits per heavy atom. The van der Waals surface area contributed by atoms with E-state index in [0.717, 1.165) is 25.9 Å². The second kappa shape index (κ2) is 3.89. The largest absolute Gasteiger partial charge is 0.342 e. The van der Waals surface area contributed by atoms with Gasteiger partial charge in [-0.1, -0.05) is 6.92 Å². The minimum Gasteiger partial charge on any atom is -0.342 e. The molecule has 0 bridgehead atoms. The van der Waals surface area contributed by atoms with E-state index >= 15 is 0 Å². The first-order valence-electron chi connectivity index (χ1n) is 5.75. The molecule has 80 valence electrons. The van der Waals surface area contributed by atoms with E-state index in [2.05, 4.69) is 6.92 Å². The molecule has 0 aromatic carbocycles. The molecule has 3 heteroatoms. The number of amides is 1. The van der Waals surface area contributed by atoms with Crippen molar-refractivity contribution in [2.45, 2.75) is 38.6 Å². The van der Waals surface area contributed by atoms with Crippen LogP contribution in [-0.2, 0) is 4.79 Å². The first-order chi connectivity index (χ1) is 6.72. The summed E-state index contributed by atoms with van der Waals surface area (Å²) >= 11 is 0. The topological polar surface area (TPSA) is 46.3 Å². The minimum absolute atomic E-state index is 0.328. The van der Waals surface area contributed by atoms with Gasteiger partial charge in [0, 0.05) is 25.6 Å². The average molecular weight is 196 g/mol. The summed E-state index contributed by atoms with van der Waals surface area (Å²) in [6.07, 6.45) is 4.04. The quantitative estimate of drug-likeness (QED) is 0.715. The summed E-state index contributed by atoms with van der Waals surface area (Å²) in [4.78, 5) is 13.7. The van der Waals surface area contributed by atoms with E-state index in [9.17, 15) is 4.79 Å². The summed E-state index contributed by atoms with van der Waals surface area (Å²) in [5.74, 6) is 1.62. The summed E-state index contributed by atoms with van der Waals surface area (Å²) in [5, 5.41) is 0. The van der Waals surface area contributed by atoms with Crippen LogP contribution in [0.15, 0.2) is 0 Å². The lowest BCUT2D eigenvalue weighted by Crippen LogP contribution is -2.33. The standard InChI is InChI=1S/C11H20N2O/c1-2-3-11(14)13-6-8-4-5-10(12)9(8)7-13/h8-10H,2-7,12H2,1H3. The number of carbonyl (C=O) groups is 1. The lowest BCUT2D eigenvalue weighted by atomic mass is 9.98. The Labute approximate surface area is 85.6 Å². The molecule has 0 aromatic rings. The van der Waals surface area contributed by atoms with Crippen LogP contribution in [0.4, 0.5) is 0 Å². The first-order valence-corrected chi connectivity index (χ1v) is 5.75. The van der Waals surface area contributed by atoms with Gasteiger partial charge in [-0.3, -0.25) is 4.79 Å². The predicted octanol–water partition coefficient (Wildman–Crippen LogP) is 0.982. The van der Waals surface area contributed by atoms with Crippen molar-refractivity contribution in [2.24, 2.45) is 17.6 Å². The Kier molecular flexibility index (Phi) is 2.77. The maximum absolute atomic E-state index is 11.7. The van der Waals surface area contributed by atoms with E-state index in [1.807, 2.05) is 4.90 Å². The summed E-state index contributed by atoms with van der Waals surface area (Å²) in [6.45, 7) is 3.95. The van der Waals surface area contributed by atoms with Crippen molar-refractivity contribution < 1.29 is 4.79 Å². The highest BCUT2D eigenvalue weighted by molar-refractivity contribution is 5.76. The SMILES string of the molecule is CCCC(=O)N1CC2CCC(N)C2C1. The minimum atomic E-state index is 0.328. The number of rotatable bonds is 2. The zero-order valence-corrected chi connectivity index (χ0v) is 8.91. The zero-order valence-electron chi connectivity index (χ0n) is 8.91. The van der Waals surface area contributed by atoms with Gasteiger partial charge in [-0.25, -0.2) is 0 Å². The number of hydrogen-bond acceptors (Lipinski definition) is 2. The number of nitrogens with zero attached hydrogens (tertiary/aromatic N) is 1. The fraction of sp³-hybridized carbons (Fsp3) is 0.909. The van der Waals surface area contributed by atoms with Crippen molar-refractivity contribution in [3.63, 3.8) is 0 Å². The van der Waals surface area contributed by atoms with Gasteiger partial charge in [0.2, 0.25) is 5.91 Å². The molecule has 3 nitrogen and oxygen atoms in total. The van der Waals surface area contributed by atoms with E-state index in [0.29, 0.717) is 30.2 Å². The van der Waals surface area contributed by atoms with Crippen LogP contribution in [0, 0.1) is 11.8 Å². The average Bonchev–Trinajstić information content (AvgIpc) is 2.69. The highest BCUT2D eigenvalue weighted by atomic mass is 16.2. The highest BCUT2D eigenvalue weighted by Crippen LogP contribution is 2.37. The van der Waals surface area contributed by atoms with E-state index in [4.69, 9.17) is 5.73 Å². The molecule has 2 rings (SSSR count). The van der Waals surface area contributed by atoms with Gasteiger partial charge in [-0.15, -0.1) is 0 Å². The van der Waals surface area contributed by atoms with Crippen LogP contribution in [0.25, 0.3) is 0 Å². The molecule has 1 amide bonds. The molecule has 0 aromatic heterocycles. The fourth-order valence-electron chi connectivity index (χ4n) is 2.88. The highest BCUT2D eigenvalue weighted by Gasteiger charge is 2.41. The maximum atomic E-state index is 11.7. The molecule has 3 unspecified atom stereocenters. The third kappa shape index (κ3) is 1.65. The molecule has 2 fully saturated rings. The molecule has 2 aliphatic rings. The lowest BCUT2D eigenvalue weighted by Gasteiger charge is -2.18. The fourth-order valence-corrected chi connectivity index (χ4v) is 2.88. The summed E-state index contributed by atoms with van der Waals surface area (Å²) in [7, 11) is 0. The zero-order chi connectivity index (χ0) is 10.1. The van der Waals surface area contributed by atoms with Crippen LogP contribution >= 0.6 is 0 Å². The molecular weight excluding hydrogens is 176 g/mol. The molecule has 3 atom stereocenters. The number of fused-ring (bicyclic) bond motifs is 1. The number of nitrogens with two attached hydrogens (primary N) is 1. The third-order valence-electron chi connectivity index (χ3n) is 3.73. The number of hydrogen-bond donors (Lipinski definition) is 1. The van der Waals surface area contributed by atoms with Crippen LogP contribution in [0.2, 0.25) is 0 Å². The molecule has 0 radical (unpaired) electrons. The van der Waals surface area contributed by atoms with Gasteiger partial charge in [0.1, 0.15) is 0 Å². The Bertz CT molecular complexity index is 229. The molecule has 0 spiro atoms. The van der Waals surface area contributed by atoms with Gasteiger partial charge >= 0.3 is 0 Å². The third-order valence-corrected chi connectivity index (χ3v) is 3.73. The monoisotopic (exact) mass is 196 g/mol. The van der Waals surface area contributed by atoms with E-state index in [1.165, 1.54) is 6.42 Å². The van der Waals surface area contributed by atoms with E-state index < -0.39 is 0 Å². The number of carbonyl (C=O) groups excluding carboxylic acids is 1. The Morgan fingerprint density at radius 1 is 1.43 bits per heavy atom. The van der Waals surface area contributed by atoms with Crippen LogP contribution in [-0.4, -0.2) is 29.9 Å². The molecule has 1 saturated heterocycles. The van der Waals surface area contributed by atoms with Crippen LogP contribution < -0.4 is 5.73 Å². The van der Waals surface area contributed by atoms with Crippen molar-refractivity contribution in [1.29, 1.82) is 0 Å². The van der Waals surface area contributed by atoms with Crippen molar-refractivity contribution >= 4 is 5.91 Å². The lowest BCUT2D eigenvalue weighted by molar-refractivity contribution is -0.130. The van der Waals surface area contributed by atoms with E-state index in [1.54, 1.807) is 0 Å². The van der Waals surface area contributed by atoms with Crippen molar-refractivity contribution in [1.82, 2.24) is 4.90 Å². The smallest absolute Gasteiger partial charge is 0.222 e. The van der Waals surface area contributed by atoms with Gasteiger partial charge in [-0.05, 0) is 31.1 Å². The summed E-state index contributed by atoms with van der Waals surface area (Å²) in [5.41, 5.74) is 6.02. The Morgan fingerprint density at radius 2 is 2.21 bits per heavy atom. The molecule has 1 aliphatic carbocycles. The van der Waals surface area contributed by atoms with Gasteiger partial charge in [0.15, 0.2) is 0 Å². The predicted molar refractivity (Wildman–Crippen MR) is 55.7 cm³/mol. The normalized spacial score (nSPS) is 36.1. The van der Waals surface area contributed by atoms with Crippen LogP contribution in [0.5, 0.6) is 0 Å². The summed E-state index contributed by atoms with van der Waals surface area (Å²) < 4.78 is 0. The van der Waals surface area contributed by atoms with Crippen LogP contribution in [0.1, 0.15) is 32.6 Å². The summed E-state index contributed by atoms with van der Waals surface area (Å²) in [6, 6.07) is 0.347. The first kappa shape index (κ1) is 9.97. The Balaban J connectivity index is 1.92. The van der Waals surface area contributed by atoms with Gasteiger partial charge in [0.05, 0.1) is 0 Å². The van der Waals surface area contributed by atoms with Gasteiger partial charge in [-0.2, -0.15) is 0 Å². The van der Waals surface area contributed by atoms with Crippen molar-refractivity contribution in [2.75, 3.05) is 13.1 Å². The van der Waals surface area contributed by atoms with E-state index in [-0.39, 0.29) is 0 Å². The molecule has 1 heterocycles. The molecule has 2 N–H and O–H groups in total. The molecule has 14 heavy (non-hydrogen) atoms. The molecule has 1 saturated carbocycles. The second-order valence-corrected chi connectivity index (χ2v) is 4.71. The maximum Gasteiger partial charge on any atom is 0.222 e. The van der Waals surface area contributed by atoms with Gasteiger partial charge in [0.25, 0.3) is 0 Å². The van der Waals surface area contributed by atoms with Crippen molar-refractivity contribution in [3.05, 3.63) is 0 Å². The number of likely N-dealkylation sites (tertiary alicyclic amines) is 1.